The quantitative estimate of drug-likeness (QED) is 0.0450. The molecule has 0 heterocycles. The van der Waals surface area contributed by atoms with Crippen LogP contribution in [0.25, 0.3) is 0 Å². The summed E-state index contributed by atoms with van der Waals surface area (Å²) in [5.41, 5.74) is 6.25. The summed E-state index contributed by atoms with van der Waals surface area (Å²) in [5, 5.41) is 0. The first kappa shape index (κ1) is 62.0. The van der Waals surface area contributed by atoms with Crippen molar-refractivity contribution in [2.24, 2.45) is 11.8 Å². The lowest BCUT2D eigenvalue weighted by atomic mass is 9.86. The number of allylic oxidation sites excluding steroid dienone is 3. The second-order valence-electron chi connectivity index (χ2n) is 21.6. The molecule has 1 atom stereocenters. The van der Waals surface area contributed by atoms with Gasteiger partial charge >= 0.3 is 6.09 Å². The smallest absolute Gasteiger partial charge is 0.410 e. The Morgan fingerprint density at radius 2 is 0.688 bits per heavy atom. The molecule has 0 radical (unpaired) electrons. The minimum atomic E-state index is -0.537. The lowest BCUT2D eigenvalue weighted by molar-refractivity contribution is 0.0253. The predicted octanol–water partition coefficient (Wildman–Crippen LogP) is 21.1. The van der Waals surface area contributed by atoms with Crippen molar-refractivity contribution in [3.8, 4) is 0 Å². The van der Waals surface area contributed by atoms with Crippen molar-refractivity contribution in [1.82, 2.24) is 4.90 Å². The van der Waals surface area contributed by atoms with Crippen LogP contribution in [0.1, 0.15) is 292 Å². The zero-order valence-electron chi connectivity index (χ0n) is 44.7. The number of nitrogens with zero attached hydrogens (tertiary/aromatic N) is 1. The topological polar surface area (TPSA) is 29.5 Å². The summed E-state index contributed by atoms with van der Waals surface area (Å²) in [6.45, 7) is 39.2. The number of unbranched alkanes of at least 4 members (excludes halogenated alkanes) is 20. The summed E-state index contributed by atoms with van der Waals surface area (Å²) in [6.07, 6.45) is 47.1. The van der Waals surface area contributed by atoms with E-state index in [1.165, 1.54) is 214 Å². The number of ether oxygens (including phenoxy) is 1. The van der Waals surface area contributed by atoms with E-state index in [0.717, 1.165) is 57.8 Å². The van der Waals surface area contributed by atoms with Gasteiger partial charge in [-0.25, -0.2) is 4.79 Å². The maximum absolute atomic E-state index is 13.7. The van der Waals surface area contributed by atoms with Gasteiger partial charge in [0, 0.05) is 13.1 Å². The number of hydrogen-bond donors (Lipinski definition) is 0. The lowest BCUT2D eigenvalue weighted by Gasteiger charge is -2.29. The van der Waals surface area contributed by atoms with Gasteiger partial charge in [-0.2, -0.15) is 0 Å². The van der Waals surface area contributed by atoms with Gasteiger partial charge in [-0.3, -0.25) is 0 Å². The standard InChI is InChI=1S/C61H113NO2/c1-13-17-21-25-29-33-37-53(5)41-44-58(40-36-32-28-24-20-16-4)51-56(8)47-49-62(60(63)64-61(10,11)12)50-48-57(9)52-59(45-42-54(6)38-34-30-26-22-18-14-2)46-43-55(7)39-35-31-27-23-19-15-3/h58-59H,5-9,13-52H2,1-4,10-12H3. The van der Waals surface area contributed by atoms with Crippen molar-refractivity contribution in [3.63, 3.8) is 0 Å². The maximum Gasteiger partial charge on any atom is 0.410 e. The van der Waals surface area contributed by atoms with Crippen LogP contribution in [0.15, 0.2) is 60.8 Å². The molecule has 0 aliphatic carbocycles. The number of amides is 1. The Morgan fingerprint density at radius 3 is 1.02 bits per heavy atom. The molecular formula is C61H113NO2. The van der Waals surface area contributed by atoms with E-state index in [-0.39, 0.29) is 6.09 Å². The average molecular weight is 893 g/mol. The molecule has 0 N–H and O–H groups in total. The molecule has 0 aliphatic heterocycles. The fraction of sp³-hybridized carbons (Fsp3) is 0.820. The van der Waals surface area contributed by atoms with Gasteiger partial charge < -0.3 is 9.64 Å². The summed E-state index contributed by atoms with van der Waals surface area (Å²) in [6, 6.07) is 0. The number of hydrogen-bond acceptors (Lipinski definition) is 2. The average Bonchev–Trinajstić information content (AvgIpc) is 3.24. The van der Waals surface area contributed by atoms with Crippen LogP contribution in [0.4, 0.5) is 4.79 Å². The molecule has 0 aliphatic rings. The molecule has 1 amide bonds. The fourth-order valence-electron chi connectivity index (χ4n) is 9.20. The summed E-state index contributed by atoms with van der Waals surface area (Å²) in [5.74, 6) is 1.20. The van der Waals surface area contributed by atoms with Crippen LogP contribution in [0, 0.1) is 11.8 Å². The van der Waals surface area contributed by atoms with Crippen LogP contribution in [0.2, 0.25) is 0 Å². The third kappa shape index (κ3) is 40.3. The minimum absolute atomic E-state index is 0.212. The minimum Gasteiger partial charge on any atom is -0.444 e. The van der Waals surface area contributed by atoms with Crippen LogP contribution < -0.4 is 0 Å². The molecule has 374 valence electrons. The molecule has 0 saturated heterocycles. The normalized spacial score (nSPS) is 12.1. The van der Waals surface area contributed by atoms with Crippen molar-refractivity contribution in [3.05, 3.63) is 60.8 Å². The SMILES string of the molecule is C=C(CCCCCCCC)CCC(CCCCCCCC)CC(=C)CCN(CCC(=C)CC(CCC(=C)CCCCCCCC)CCC(=C)CCCCCCCC)C(=O)OC(C)(C)C. The Bertz CT molecular complexity index is 1160. The van der Waals surface area contributed by atoms with E-state index in [9.17, 15) is 4.79 Å². The fourth-order valence-corrected chi connectivity index (χ4v) is 9.20. The lowest BCUT2D eigenvalue weighted by Crippen LogP contribution is -2.38. The Balaban J connectivity index is 5.54. The zero-order valence-corrected chi connectivity index (χ0v) is 44.7. The first-order chi connectivity index (χ1) is 30.7. The Hall–Kier alpha value is -2.03. The van der Waals surface area contributed by atoms with Crippen LogP contribution in [-0.4, -0.2) is 29.7 Å². The van der Waals surface area contributed by atoms with E-state index in [2.05, 4.69) is 60.6 Å². The van der Waals surface area contributed by atoms with Gasteiger partial charge in [-0.15, -0.1) is 0 Å². The van der Waals surface area contributed by atoms with Crippen molar-refractivity contribution >= 4 is 6.09 Å². The highest BCUT2D eigenvalue weighted by atomic mass is 16.6. The molecule has 64 heavy (non-hydrogen) atoms. The van der Waals surface area contributed by atoms with Crippen LogP contribution in [0.3, 0.4) is 0 Å². The van der Waals surface area contributed by atoms with E-state index in [4.69, 9.17) is 4.74 Å². The highest BCUT2D eigenvalue weighted by Gasteiger charge is 2.23. The summed E-state index contributed by atoms with van der Waals surface area (Å²) in [4.78, 5) is 15.7. The van der Waals surface area contributed by atoms with Crippen molar-refractivity contribution in [1.29, 1.82) is 0 Å². The Morgan fingerprint density at radius 1 is 0.391 bits per heavy atom. The molecule has 0 spiro atoms. The van der Waals surface area contributed by atoms with Gasteiger partial charge in [-0.05, 0) is 135 Å². The summed E-state index contributed by atoms with van der Waals surface area (Å²) >= 11 is 0. The second kappa shape index (κ2) is 42.3. The monoisotopic (exact) mass is 892 g/mol. The van der Waals surface area contributed by atoms with E-state index in [1.54, 1.807) is 0 Å². The number of carbonyl (C=O) groups is 1. The third-order valence-corrected chi connectivity index (χ3v) is 13.6. The van der Waals surface area contributed by atoms with Gasteiger partial charge in [0.25, 0.3) is 0 Å². The van der Waals surface area contributed by atoms with Gasteiger partial charge in [0.05, 0.1) is 0 Å². The van der Waals surface area contributed by atoms with Crippen LogP contribution in [-0.2, 0) is 4.74 Å². The van der Waals surface area contributed by atoms with E-state index in [1.807, 2.05) is 25.7 Å². The predicted molar refractivity (Wildman–Crippen MR) is 289 cm³/mol. The number of carbonyl (C=O) groups excluding carboxylic acids is 1. The molecule has 0 rings (SSSR count). The first-order valence-corrected chi connectivity index (χ1v) is 28.0. The molecule has 0 saturated carbocycles. The van der Waals surface area contributed by atoms with Gasteiger partial charge in [0.1, 0.15) is 5.60 Å². The molecule has 0 fully saturated rings. The summed E-state index contributed by atoms with van der Waals surface area (Å²) < 4.78 is 5.99. The molecule has 3 heteroatoms. The maximum atomic E-state index is 13.7. The van der Waals surface area contributed by atoms with Crippen molar-refractivity contribution in [2.75, 3.05) is 13.1 Å². The van der Waals surface area contributed by atoms with Crippen LogP contribution >= 0.6 is 0 Å². The third-order valence-electron chi connectivity index (χ3n) is 13.6. The zero-order chi connectivity index (χ0) is 47.7. The van der Waals surface area contributed by atoms with E-state index in [0.29, 0.717) is 24.9 Å². The van der Waals surface area contributed by atoms with Gasteiger partial charge in [0.15, 0.2) is 0 Å². The number of rotatable bonds is 47. The van der Waals surface area contributed by atoms with E-state index >= 15 is 0 Å². The molecular weight excluding hydrogens is 779 g/mol. The van der Waals surface area contributed by atoms with Crippen molar-refractivity contribution in [2.45, 2.75) is 298 Å². The highest BCUT2D eigenvalue weighted by Crippen LogP contribution is 2.30. The highest BCUT2D eigenvalue weighted by molar-refractivity contribution is 5.68. The van der Waals surface area contributed by atoms with Gasteiger partial charge in [0.2, 0.25) is 0 Å². The molecule has 0 aromatic heterocycles. The van der Waals surface area contributed by atoms with E-state index < -0.39 is 5.60 Å². The molecule has 3 nitrogen and oxygen atoms in total. The summed E-state index contributed by atoms with van der Waals surface area (Å²) in [7, 11) is 0. The van der Waals surface area contributed by atoms with Crippen molar-refractivity contribution < 1.29 is 9.53 Å². The molecule has 0 aromatic carbocycles. The van der Waals surface area contributed by atoms with Gasteiger partial charge in [-0.1, -0.05) is 230 Å². The Labute approximate surface area is 402 Å². The second-order valence-corrected chi connectivity index (χ2v) is 21.6. The molecule has 0 aromatic rings. The Kier molecular flexibility index (Phi) is 41.0. The first-order valence-electron chi connectivity index (χ1n) is 28.0. The van der Waals surface area contributed by atoms with Crippen LogP contribution in [0.5, 0.6) is 0 Å². The molecule has 0 bridgehead atoms. The largest absolute Gasteiger partial charge is 0.444 e. The molecule has 1 unspecified atom stereocenters.